The van der Waals surface area contributed by atoms with Crippen LogP contribution in [-0.4, -0.2) is 25.5 Å². The molecular formula is C25H19FO6. The Hall–Kier alpha value is -4.13. The minimum absolute atomic E-state index is 0.117. The molecule has 32 heavy (non-hydrogen) atoms. The van der Waals surface area contributed by atoms with E-state index in [0.717, 1.165) is 0 Å². The first-order chi connectivity index (χ1) is 15.5. The zero-order valence-corrected chi connectivity index (χ0v) is 17.4. The number of Topliss-reactive ketones (excluding diaryl/α,β-unsaturated/α-hetero) is 1. The Labute approximate surface area is 183 Å². The zero-order valence-electron chi connectivity index (χ0n) is 17.4. The second-order valence-electron chi connectivity index (χ2n) is 6.81. The number of carbonyl (C=O) groups excluding carboxylic acids is 2. The molecule has 0 radical (unpaired) electrons. The normalized spacial score (nSPS) is 13.5. The highest BCUT2D eigenvalue weighted by atomic mass is 19.1. The summed E-state index contributed by atoms with van der Waals surface area (Å²) in [6.45, 7) is 2.37. The molecule has 0 N–H and O–H groups in total. The quantitative estimate of drug-likeness (QED) is 0.307. The number of carbonyl (C=O) groups is 2. The highest BCUT2D eigenvalue weighted by Gasteiger charge is 2.28. The van der Waals surface area contributed by atoms with Crippen LogP contribution in [0.4, 0.5) is 4.39 Å². The molecular weight excluding hydrogens is 415 g/mol. The third-order valence-corrected chi connectivity index (χ3v) is 4.73. The molecule has 1 aliphatic rings. The van der Waals surface area contributed by atoms with Gasteiger partial charge >= 0.3 is 5.97 Å². The van der Waals surface area contributed by atoms with Gasteiger partial charge in [-0.3, -0.25) is 4.79 Å². The van der Waals surface area contributed by atoms with Gasteiger partial charge < -0.3 is 18.9 Å². The van der Waals surface area contributed by atoms with Crippen LogP contribution in [0.5, 0.6) is 23.0 Å². The fourth-order valence-electron chi connectivity index (χ4n) is 3.21. The molecule has 0 fully saturated rings. The van der Waals surface area contributed by atoms with Crippen LogP contribution < -0.4 is 18.9 Å². The van der Waals surface area contributed by atoms with Gasteiger partial charge in [-0.25, -0.2) is 9.18 Å². The van der Waals surface area contributed by atoms with Gasteiger partial charge in [-0.05, 0) is 55.0 Å². The molecule has 6 nitrogen and oxygen atoms in total. The predicted molar refractivity (Wildman–Crippen MR) is 115 cm³/mol. The summed E-state index contributed by atoms with van der Waals surface area (Å²) in [7, 11) is 1.41. The number of hydrogen-bond acceptors (Lipinski definition) is 6. The SMILES string of the molecule is CCOc1ccc2c(c1)O/C(=C\c1ccc(OC(=O)c3ccccc3F)c(OC)c1)C2=O. The number of benzene rings is 3. The molecule has 0 saturated carbocycles. The van der Waals surface area contributed by atoms with Crippen LogP contribution in [0.2, 0.25) is 0 Å². The largest absolute Gasteiger partial charge is 0.494 e. The predicted octanol–water partition coefficient (Wildman–Crippen LogP) is 5.07. The van der Waals surface area contributed by atoms with E-state index in [4.69, 9.17) is 18.9 Å². The van der Waals surface area contributed by atoms with Crippen molar-refractivity contribution in [1.82, 2.24) is 0 Å². The fourth-order valence-corrected chi connectivity index (χ4v) is 3.21. The molecule has 0 unspecified atom stereocenters. The van der Waals surface area contributed by atoms with Crippen molar-refractivity contribution in [2.24, 2.45) is 0 Å². The van der Waals surface area contributed by atoms with Crippen molar-refractivity contribution >= 4 is 17.8 Å². The van der Waals surface area contributed by atoms with E-state index < -0.39 is 11.8 Å². The first-order valence-electron chi connectivity index (χ1n) is 9.86. The van der Waals surface area contributed by atoms with Crippen molar-refractivity contribution in [2.45, 2.75) is 6.92 Å². The van der Waals surface area contributed by atoms with E-state index in [1.807, 2.05) is 6.92 Å². The molecule has 0 atom stereocenters. The van der Waals surface area contributed by atoms with Crippen LogP contribution in [0, 0.1) is 5.82 Å². The molecule has 0 aromatic heterocycles. The van der Waals surface area contributed by atoms with Gasteiger partial charge in [0.25, 0.3) is 0 Å². The molecule has 162 valence electrons. The first-order valence-corrected chi connectivity index (χ1v) is 9.86. The molecule has 1 heterocycles. The number of halogens is 1. The molecule has 0 aliphatic carbocycles. The van der Waals surface area contributed by atoms with Crippen molar-refractivity contribution in [2.75, 3.05) is 13.7 Å². The van der Waals surface area contributed by atoms with Crippen LogP contribution >= 0.6 is 0 Å². The summed E-state index contributed by atoms with van der Waals surface area (Å²) in [5.74, 6) is -0.234. The summed E-state index contributed by atoms with van der Waals surface area (Å²) < 4.78 is 35.6. The molecule has 0 saturated heterocycles. The van der Waals surface area contributed by atoms with Crippen molar-refractivity contribution in [1.29, 1.82) is 0 Å². The average Bonchev–Trinajstić information content (AvgIpc) is 3.09. The van der Waals surface area contributed by atoms with E-state index in [1.54, 1.807) is 42.5 Å². The van der Waals surface area contributed by atoms with Crippen LogP contribution in [0.1, 0.15) is 33.2 Å². The lowest BCUT2D eigenvalue weighted by Crippen LogP contribution is -2.11. The van der Waals surface area contributed by atoms with Gasteiger partial charge in [-0.2, -0.15) is 0 Å². The summed E-state index contributed by atoms with van der Waals surface area (Å²) in [6, 6.07) is 15.3. The Balaban J connectivity index is 1.56. The molecule has 3 aromatic rings. The van der Waals surface area contributed by atoms with Crippen LogP contribution in [-0.2, 0) is 0 Å². The maximum Gasteiger partial charge on any atom is 0.346 e. The number of ketones is 1. The maximum atomic E-state index is 13.8. The van der Waals surface area contributed by atoms with Crippen molar-refractivity contribution in [3.63, 3.8) is 0 Å². The topological polar surface area (TPSA) is 71.1 Å². The lowest BCUT2D eigenvalue weighted by Gasteiger charge is -2.10. The third kappa shape index (κ3) is 4.18. The van der Waals surface area contributed by atoms with E-state index in [9.17, 15) is 14.0 Å². The van der Waals surface area contributed by atoms with E-state index in [0.29, 0.717) is 29.2 Å². The van der Waals surface area contributed by atoms with E-state index in [1.165, 1.54) is 31.4 Å². The van der Waals surface area contributed by atoms with Gasteiger partial charge in [-0.15, -0.1) is 0 Å². The van der Waals surface area contributed by atoms with Crippen LogP contribution in [0.15, 0.2) is 66.4 Å². The van der Waals surface area contributed by atoms with Gasteiger partial charge in [0.05, 0.1) is 24.8 Å². The summed E-state index contributed by atoms with van der Waals surface area (Å²) in [5, 5.41) is 0. The molecule has 3 aromatic carbocycles. The Kier molecular flexibility index (Phi) is 5.89. The highest BCUT2D eigenvalue weighted by molar-refractivity contribution is 6.14. The average molecular weight is 434 g/mol. The van der Waals surface area contributed by atoms with Crippen molar-refractivity contribution < 1.29 is 32.9 Å². The number of methoxy groups -OCH3 is 1. The molecule has 0 amide bonds. The minimum Gasteiger partial charge on any atom is -0.494 e. The summed E-state index contributed by atoms with van der Waals surface area (Å²) in [5.41, 5.74) is 0.853. The fraction of sp³-hybridized carbons (Fsp3) is 0.120. The number of rotatable bonds is 6. The molecule has 1 aliphatic heterocycles. The molecule has 7 heteroatoms. The van der Waals surface area contributed by atoms with Crippen molar-refractivity contribution in [3.05, 3.63) is 88.9 Å². The second kappa shape index (κ2) is 8.93. The van der Waals surface area contributed by atoms with Gasteiger partial charge in [-0.1, -0.05) is 18.2 Å². The molecule has 0 bridgehead atoms. The number of ether oxygens (including phenoxy) is 4. The van der Waals surface area contributed by atoms with Crippen molar-refractivity contribution in [3.8, 4) is 23.0 Å². The summed E-state index contributed by atoms with van der Waals surface area (Å²) >= 11 is 0. The Morgan fingerprint density at radius 1 is 1.06 bits per heavy atom. The van der Waals surface area contributed by atoms with Gasteiger partial charge in [0.1, 0.15) is 17.3 Å². The van der Waals surface area contributed by atoms with Gasteiger partial charge in [0.2, 0.25) is 5.78 Å². The minimum atomic E-state index is -0.845. The van der Waals surface area contributed by atoms with Gasteiger partial charge in [0, 0.05) is 6.07 Å². The van der Waals surface area contributed by atoms with E-state index in [2.05, 4.69) is 0 Å². The lowest BCUT2D eigenvalue weighted by atomic mass is 10.1. The number of hydrogen-bond donors (Lipinski definition) is 0. The number of allylic oxidation sites excluding steroid dienone is 1. The smallest absolute Gasteiger partial charge is 0.346 e. The Morgan fingerprint density at radius 2 is 1.88 bits per heavy atom. The molecule has 0 spiro atoms. The number of esters is 1. The van der Waals surface area contributed by atoms with Crippen LogP contribution in [0.25, 0.3) is 6.08 Å². The summed E-state index contributed by atoms with van der Waals surface area (Å²) in [4.78, 5) is 25.0. The van der Waals surface area contributed by atoms with Crippen LogP contribution in [0.3, 0.4) is 0 Å². The lowest BCUT2D eigenvalue weighted by molar-refractivity contribution is 0.0724. The second-order valence-corrected chi connectivity index (χ2v) is 6.81. The van der Waals surface area contributed by atoms with Gasteiger partial charge in [0.15, 0.2) is 17.3 Å². The first kappa shape index (κ1) is 21.1. The Bertz CT molecular complexity index is 1230. The maximum absolute atomic E-state index is 13.8. The third-order valence-electron chi connectivity index (χ3n) is 4.73. The highest BCUT2D eigenvalue weighted by Crippen LogP contribution is 2.36. The standard InChI is InChI=1S/C25H19FO6/c1-3-30-16-9-10-18-21(14-16)31-23(24(18)27)13-15-8-11-20(22(12-15)29-2)32-25(28)17-6-4-5-7-19(17)26/h4-14H,3H2,1-2H3/b23-13-. The van der Waals surface area contributed by atoms with E-state index >= 15 is 0 Å². The zero-order chi connectivity index (χ0) is 22.7. The number of fused-ring (bicyclic) bond motifs is 1. The molecule has 4 rings (SSSR count). The Morgan fingerprint density at radius 3 is 2.62 bits per heavy atom. The summed E-state index contributed by atoms with van der Waals surface area (Å²) in [6.07, 6.45) is 1.56. The monoisotopic (exact) mass is 434 g/mol. The van der Waals surface area contributed by atoms with E-state index in [-0.39, 0.29) is 28.6 Å².